The number of halogens is 4. The summed E-state index contributed by atoms with van der Waals surface area (Å²) in [4.78, 5) is 15.5. The van der Waals surface area contributed by atoms with Crippen LogP contribution in [-0.2, 0) is 4.79 Å². The van der Waals surface area contributed by atoms with E-state index in [0.717, 1.165) is 18.7 Å². The number of hydrogen-bond acceptors (Lipinski definition) is 4. The molecule has 2 aromatic rings. The fraction of sp³-hybridized carbons (Fsp3) is 0.417. The maximum atomic E-state index is 13.2. The summed E-state index contributed by atoms with van der Waals surface area (Å²) >= 11 is 18.7. The van der Waals surface area contributed by atoms with E-state index in [1.165, 1.54) is 25.7 Å². The molecule has 5 nitrogen and oxygen atoms in total. The van der Waals surface area contributed by atoms with Gasteiger partial charge >= 0.3 is 0 Å². The van der Waals surface area contributed by atoms with Crippen molar-refractivity contribution >= 4 is 76.1 Å². The van der Waals surface area contributed by atoms with E-state index < -0.39 is 0 Å². The molecule has 2 unspecified atom stereocenters. The lowest BCUT2D eigenvalue weighted by Crippen LogP contribution is -2.42. The zero-order valence-electron chi connectivity index (χ0n) is 18.4. The summed E-state index contributed by atoms with van der Waals surface area (Å²) in [6.07, 6.45) is 4.87. The van der Waals surface area contributed by atoms with Gasteiger partial charge in [-0.15, -0.1) is 24.0 Å². The van der Waals surface area contributed by atoms with Crippen LogP contribution >= 0.6 is 58.8 Å². The third kappa shape index (κ3) is 6.34. The van der Waals surface area contributed by atoms with Crippen LogP contribution in [0.15, 0.2) is 47.6 Å². The van der Waals surface area contributed by atoms with E-state index in [0.29, 0.717) is 33.1 Å². The fourth-order valence-corrected chi connectivity index (χ4v) is 5.03. The lowest BCUT2D eigenvalue weighted by Gasteiger charge is -2.27. The van der Waals surface area contributed by atoms with Gasteiger partial charge < -0.3 is 5.32 Å². The van der Waals surface area contributed by atoms with E-state index in [9.17, 15) is 4.79 Å². The molecule has 2 atom stereocenters. The summed E-state index contributed by atoms with van der Waals surface area (Å²) in [5, 5.41) is 11.4. The van der Waals surface area contributed by atoms with Crippen LogP contribution in [0.25, 0.3) is 0 Å². The largest absolute Gasteiger partial charge is 0.338 e. The summed E-state index contributed by atoms with van der Waals surface area (Å²) in [5.41, 5.74) is 2.20. The Morgan fingerprint density at radius 2 is 1.64 bits per heavy atom. The van der Waals surface area contributed by atoms with Crippen molar-refractivity contribution in [2.45, 2.75) is 38.6 Å². The highest BCUT2D eigenvalue weighted by Gasteiger charge is 2.40. The zero-order chi connectivity index (χ0) is 22.7. The highest BCUT2D eigenvalue weighted by Crippen LogP contribution is 2.42. The van der Waals surface area contributed by atoms with Gasteiger partial charge in [0.2, 0.25) is 0 Å². The molecule has 9 heteroatoms. The Labute approximate surface area is 227 Å². The first-order valence-corrected chi connectivity index (χ1v) is 12.2. The monoisotopic (exact) mass is 620 g/mol. The molecule has 0 aliphatic carbocycles. The normalized spacial score (nSPS) is 21.2. The van der Waals surface area contributed by atoms with Gasteiger partial charge in [-0.05, 0) is 61.8 Å². The minimum Gasteiger partial charge on any atom is -0.338 e. The van der Waals surface area contributed by atoms with Crippen molar-refractivity contribution in [2.75, 3.05) is 24.8 Å². The number of anilines is 1. The molecule has 1 saturated heterocycles. The van der Waals surface area contributed by atoms with Crippen molar-refractivity contribution in [3.05, 3.63) is 63.1 Å². The van der Waals surface area contributed by atoms with Gasteiger partial charge in [-0.3, -0.25) is 14.7 Å². The van der Waals surface area contributed by atoms with Crippen LogP contribution in [0.1, 0.15) is 44.2 Å². The number of nitrogens with zero attached hydrogens (tertiary/aromatic N) is 3. The standard InChI is InChI=1S/C24H27Cl3N4O.HI/c1-16-22(24(32)28-15-30-12-4-2-3-5-13-30)29-31(21-11-10-19(26)14-20(21)27)23(16)17-6-8-18(25)9-7-17;/h6-11,14,16,23H,2-5,12-13,15H2,1H3,(H,28,32);1H. The fourth-order valence-electron chi connectivity index (χ4n) is 4.41. The van der Waals surface area contributed by atoms with E-state index >= 15 is 0 Å². The average Bonchev–Trinajstić information content (AvgIpc) is 2.93. The lowest BCUT2D eigenvalue weighted by atomic mass is 9.91. The SMILES string of the molecule is CC1C(C(=O)NCN2CCCCCC2)=NN(c2ccc(Cl)cc2Cl)C1c1ccc(Cl)cc1.I. The molecular weight excluding hydrogens is 594 g/mol. The molecule has 2 aliphatic rings. The number of nitrogens with one attached hydrogen (secondary N) is 1. The second-order valence-corrected chi connectivity index (χ2v) is 9.69. The summed E-state index contributed by atoms with van der Waals surface area (Å²) in [5.74, 6) is -0.291. The molecule has 0 spiro atoms. The Bertz CT molecular complexity index is 994. The van der Waals surface area contributed by atoms with Crippen molar-refractivity contribution in [1.29, 1.82) is 0 Å². The molecule has 0 aromatic heterocycles. The van der Waals surface area contributed by atoms with E-state index in [4.69, 9.17) is 39.9 Å². The first-order chi connectivity index (χ1) is 15.4. The topological polar surface area (TPSA) is 47.9 Å². The Hall–Kier alpha value is -1.06. The molecule has 0 saturated carbocycles. The van der Waals surface area contributed by atoms with Crippen LogP contribution in [0.5, 0.6) is 0 Å². The van der Waals surface area contributed by atoms with Crippen molar-refractivity contribution in [2.24, 2.45) is 11.0 Å². The zero-order valence-corrected chi connectivity index (χ0v) is 23.0. The Morgan fingerprint density at radius 1 is 1.00 bits per heavy atom. The third-order valence-electron chi connectivity index (χ3n) is 6.15. The average molecular weight is 622 g/mol. The van der Waals surface area contributed by atoms with Gasteiger partial charge in [0.25, 0.3) is 5.91 Å². The predicted octanol–water partition coefficient (Wildman–Crippen LogP) is 6.77. The van der Waals surface area contributed by atoms with Crippen molar-refractivity contribution in [3.63, 3.8) is 0 Å². The first-order valence-electron chi connectivity index (χ1n) is 11.0. The molecule has 0 bridgehead atoms. The molecule has 178 valence electrons. The van der Waals surface area contributed by atoms with Crippen LogP contribution in [-0.4, -0.2) is 36.3 Å². The number of amides is 1. The molecule has 1 N–H and O–H groups in total. The Balaban J connectivity index is 0.00000306. The van der Waals surface area contributed by atoms with Crippen LogP contribution < -0.4 is 10.3 Å². The quantitative estimate of drug-likeness (QED) is 0.375. The summed E-state index contributed by atoms with van der Waals surface area (Å²) in [7, 11) is 0. The Morgan fingerprint density at radius 3 is 2.27 bits per heavy atom. The van der Waals surface area contributed by atoms with Gasteiger partial charge in [-0.25, -0.2) is 0 Å². The molecular formula is C24H28Cl3IN4O. The molecule has 4 rings (SSSR count). The van der Waals surface area contributed by atoms with Gasteiger partial charge in [0.15, 0.2) is 0 Å². The van der Waals surface area contributed by atoms with Crippen molar-refractivity contribution in [1.82, 2.24) is 10.2 Å². The van der Waals surface area contributed by atoms with Gasteiger partial charge in [-0.2, -0.15) is 5.10 Å². The lowest BCUT2D eigenvalue weighted by molar-refractivity contribution is -0.115. The van der Waals surface area contributed by atoms with Gasteiger partial charge in [0.05, 0.1) is 23.4 Å². The number of hydrogen-bond donors (Lipinski definition) is 1. The highest BCUT2D eigenvalue weighted by molar-refractivity contribution is 14.0. The second kappa shape index (κ2) is 12.1. The van der Waals surface area contributed by atoms with E-state index in [-0.39, 0.29) is 41.8 Å². The van der Waals surface area contributed by atoms with Crippen molar-refractivity contribution in [3.8, 4) is 0 Å². The van der Waals surface area contributed by atoms with E-state index in [2.05, 4.69) is 10.2 Å². The molecule has 33 heavy (non-hydrogen) atoms. The third-order valence-corrected chi connectivity index (χ3v) is 6.94. The molecule has 1 amide bonds. The summed E-state index contributed by atoms with van der Waals surface area (Å²) in [6, 6.07) is 12.7. The summed E-state index contributed by atoms with van der Waals surface area (Å²) in [6.45, 7) is 4.59. The van der Waals surface area contributed by atoms with Crippen molar-refractivity contribution < 1.29 is 4.79 Å². The van der Waals surface area contributed by atoms with Crippen LogP contribution in [0.2, 0.25) is 15.1 Å². The maximum absolute atomic E-state index is 13.2. The molecule has 2 aromatic carbocycles. The number of rotatable bonds is 5. The minimum absolute atomic E-state index is 0. The van der Waals surface area contributed by atoms with Crippen LogP contribution in [0, 0.1) is 5.92 Å². The van der Waals surface area contributed by atoms with E-state index in [1.807, 2.05) is 42.3 Å². The van der Waals surface area contributed by atoms with Crippen LogP contribution in [0.3, 0.4) is 0 Å². The van der Waals surface area contributed by atoms with Gasteiger partial charge in [0, 0.05) is 16.0 Å². The number of hydrazone groups is 1. The molecule has 1 fully saturated rings. The predicted molar refractivity (Wildman–Crippen MR) is 148 cm³/mol. The molecule has 0 radical (unpaired) electrons. The molecule has 2 heterocycles. The second-order valence-electron chi connectivity index (χ2n) is 8.41. The maximum Gasteiger partial charge on any atom is 0.268 e. The van der Waals surface area contributed by atoms with Gasteiger partial charge in [0.1, 0.15) is 5.71 Å². The van der Waals surface area contributed by atoms with Gasteiger partial charge in [-0.1, -0.05) is 66.7 Å². The smallest absolute Gasteiger partial charge is 0.268 e. The number of benzene rings is 2. The molecule has 2 aliphatic heterocycles. The minimum atomic E-state index is -0.190. The van der Waals surface area contributed by atoms with Crippen LogP contribution in [0.4, 0.5) is 5.69 Å². The Kier molecular flexibility index (Phi) is 9.71. The number of carbonyl (C=O) groups excluding carboxylic acids is 1. The first kappa shape index (κ1) is 26.5. The number of likely N-dealkylation sites (tertiary alicyclic amines) is 1. The number of carbonyl (C=O) groups is 1. The summed E-state index contributed by atoms with van der Waals surface area (Å²) < 4.78 is 0. The van der Waals surface area contributed by atoms with E-state index in [1.54, 1.807) is 12.1 Å². The highest BCUT2D eigenvalue weighted by atomic mass is 127.